The molecule has 1 aliphatic carbocycles. The molecular formula is C24H27N3O3S. The van der Waals surface area contributed by atoms with Gasteiger partial charge < -0.3 is 10.5 Å². The highest BCUT2D eigenvalue weighted by Crippen LogP contribution is 2.48. The molecule has 31 heavy (non-hydrogen) atoms. The number of aryl methyl sites for hydroxylation is 3. The summed E-state index contributed by atoms with van der Waals surface area (Å²) in [5, 5.41) is 5.02. The van der Waals surface area contributed by atoms with E-state index in [4.69, 9.17) is 10.5 Å². The Morgan fingerprint density at radius 2 is 2.06 bits per heavy atom. The zero-order valence-electron chi connectivity index (χ0n) is 18.2. The van der Waals surface area contributed by atoms with Gasteiger partial charge in [0.1, 0.15) is 5.75 Å². The molecule has 1 aliphatic rings. The highest BCUT2D eigenvalue weighted by Gasteiger charge is 2.31. The molecule has 2 aromatic heterocycles. The lowest BCUT2D eigenvalue weighted by atomic mass is 9.91. The molecule has 4 rings (SSSR count). The quantitative estimate of drug-likeness (QED) is 0.387. The number of thiophene rings is 1. The van der Waals surface area contributed by atoms with Crippen LogP contribution in [0.5, 0.6) is 10.8 Å². The molecule has 6 nitrogen and oxygen atoms in total. The van der Waals surface area contributed by atoms with Crippen LogP contribution in [0.25, 0.3) is 11.3 Å². The lowest BCUT2D eigenvalue weighted by Crippen LogP contribution is -2.13. The van der Waals surface area contributed by atoms with E-state index < -0.39 is 5.91 Å². The molecule has 2 heterocycles. The summed E-state index contributed by atoms with van der Waals surface area (Å²) in [6, 6.07) is 5.54. The first-order valence-electron chi connectivity index (χ1n) is 10.7. The number of hydrogen-bond acceptors (Lipinski definition) is 5. The molecule has 3 aromatic rings. The van der Waals surface area contributed by atoms with Crippen LogP contribution in [0.2, 0.25) is 0 Å². The molecule has 0 spiro atoms. The monoisotopic (exact) mass is 437 g/mol. The second-order valence-corrected chi connectivity index (χ2v) is 9.02. The van der Waals surface area contributed by atoms with Gasteiger partial charge in [-0.3, -0.25) is 14.3 Å². The average molecular weight is 438 g/mol. The number of nitrogens with two attached hydrogens (primary N) is 1. The van der Waals surface area contributed by atoms with Gasteiger partial charge in [0.05, 0.1) is 22.3 Å². The molecular weight excluding hydrogens is 410 g/mol. The Bertz CT molecular complexity index is 1160. The Hall–Kier alpha value is -2.93. The zero-order chi connectivity index (χ0) is 22.1. The van der Waals surface area contributed by atoms with Gasteiger partial charge in [0.2, 0.25) is 0 Å². The highest BCUT2D eigenvalue weighted by atomic mass is 32.1. The number of nitrogens with zero attached hydrogens (tertiary/aromatic N) is 2. The number of benzene rings is 1. The summed E-state index contributed by atoms with van der Waals surface area (Å²) >= 11 is 1.28. The number of hydrogen-bond donors (Lipinski definition) is 1. The number of ketones is 1. The first-order valence-corrected chi connectivity index (χ1v) is 11.5. The van der Waals surface area contributed by atoms with Crippen molar-refractivity contribution < 1.29 is 14.3 Å². The lowest BCUT2D eigenvalue weighted by Gasteiger charge is -2.16. The van der Waals surface area contributed by atoms with E-state index in [-0.39, 0.29) is 5.78 Å². The fourth-order valence-electron chi connectivity index (χ4n) is 4.23. The minimum atomic E-state index is -0.439. The molecule has 0 saturated heterocycles. The van der Waals surface area contributed by atoms with Gasteiger partial charge in [0, 0.05) is 19.0 Å². The van der Waals surface area contributed by atoms with Crippen LogP contribution in [-0.2, 0) is 19.9 Å². The highest BCUT2D eigenvalue weighted by molar-refractivity contribution is 7.16. The van der Waals surface area contributed by atoms with Gasteiger partial charge in [0.15, 0.2) is 10.8 Å². The minimum absolute atomic E-state index is 0.168. The molecule has 162 valence electrons. The molecule has 0 unspecified atom stereocenters. The summed E-state index contributed by atoms with van der Waals surface area (Å²) in [5.74, 6) is 0.365. The summed E-state index contributed by atoms with van der Waals surface area (Å²) in [5.41, 5.74) is 11.2. The lowest BCUT2D eigenvalue weighted by molar-refractivity contribution is 0.0976. The normalized spacial score (nSPS) is 12.4. The van der Waals surface area contributed by atoms with Gasteiger partial charge in [-0.2, -0.15) is 5.10 Å². The first-order chi connectivity index (χ1) is 14.9. The van der Waals surface area contributed by atoms with Crippen LogP contribution in [0.3, 0.4) is 0 Å². The minimum Gasteiger partial charge on any atom is -0.446 e. The number of rotatable bonds is 8. The maximum absolute atomic E-state index is 12.5. The fraction of sp³-hybridized carbons (Fsp3) is 0.375. The van der Waals surface area contributed by atoms with E-state index >= 15 is 0 Å². The van der Waals surface area contributed by atoms with Crippen LogP contribution in [0.4, 0.5) is 0 Å². The van der Waals surface area contributed by atoms with Crippen molar-refractivity contribution in [2.24, 2.45) is 12.8 Å². The number of carbonyl (C=O) groups excluding carboxylic acids is 2. The maximum atomic E-state index is 12.5. The van der Waals surface area contributed by atoms with Crippen molar-refractivity contribution in [3.63, 3.8) is 0 Å². The Morgan fingerprint density at radius 1 is 1.26 bits per heavy atom. The molecule has 1 amide bonds. The second kappa shape index (κ2) is 8.67. The van der Waals surface area contributed by atoms with E-state index in [0.717, 1.165) is 65.6 Å². The number of carbonyl (C=O) groups is 2. The molecule has 2 N–H and O–H groups in total. The van der Waals surface area contributed by atoms with Gasteiger partial charge in [0.25, 0.3) is 5.91 Å². The Balaban J connectivity index is 1.67. The number of unbranched alkanes of at least 4 members (excludes halogenated alkanes) is 2. The van der Waals surface area contributed by atoms with Crippen LogP contribution in [0.1, 0.15) is 69.3 Å². The third kappa shape index (κ3) is 4.02. The number of Topliss-reactive ketones (excluding diaryl/α,β-unsaturated/α-hetero) is 1. The number of fused-ring (bicyclic) bond motifs is 3. The van der Waals surface area contributed by atoms with E-state index in [0.29, 0.717) is 22.1 Å². The van der Waals surface area contributed by atoms with Gasteiger partial charge in [-0.15, -0.1) is 0 Å². The van der Waals surface area contributed by atoms with Crippen molar-refractivity contribution in [2.45, 2.75) is 52.4 Å². The number of amides is 1. The number of aromatic nitrogens is 2. The predicted octanol–water partition coefficient (Wildman–Crippen LogP) is 5.21. The largest absolute Gasteiger partial charge is 0.446 e. The molecule has 0 atom stereocenters. The van der Waals surface area contributed by atoms with Gasteiger partial charge in [-0.1, -0.05) is 31.1 Å². The van der Waals surface area contributed by atoms with Crippen LogP contribution < -0.4 is 10.5 Å². The smallest absolute Gasteiger partial charge is 0.259 e. The van der Waals surface area contributed by atoms with Crippen LogP contribution in [0.15, 0.2) is 24.4 Å². The third-order valence-corrected chi connectivity index (χ3v) is 6.94. The number of primary amides is 1. The van der Waals surface area contributed by atoms with Crippen LogP contribution in [-0.4, -0.2) is 21.5 Å². The Labute approximate surface area is 186 Å². The molecule has 0 saturated carbocycles. The fourth-order valence-corrected chi connectivity index (χ4v) is 5.30. The van der Waals surface area contributed by atoms with E-state index in [9.17, 15) is 9.59 Å². The van der Waals surface area contributed by atoms with Crippen molar-refractivity contribution in [1.29, 1.82) is 0 Å². The van der Waals surface area contributed by atoms with Crippen molar-refractivity contribution >= 4 is 23.0 Å². The first kappa shape index (κ1) is 21.3. The van der Waals surface area contributed by atoms with Crippen LogP contribution >= 0.6 is 11.3 Å². The predicted molar refractivity (Wildman–Crippen MR) is 122 cm³/mol. The van der Waals surface area contributed by atoms with E-state index in [1.54, 1.807) is 0 Å². The van der Waals surface area contributed by atoms with Crippen molar-refractivity contribution in [3.05, 3.63) is 51.5 Å². The average Bonchev–Trinajstić information content (AvgIpc) is 3.29. The Kier molecular flexibility index (Phi) is 5.96. The SMILES string of the molecule is CCCCCC(=O)c1ccc(Oc2sc(C(N)=O)c3c2-c2c(cnn2C)CC3)cc1C. The summed E-state index contributed by atoms with van der Waals surface area (Å²) in [7, 11) is 1.89. The van der Waals surface area contributed by atoms with Crippen molar-refractivity contribution in [3.8, 4) is 22.1 Å². The van der Waals surface area contributed by atoms with Crippen molar-refractivity contribution in [1.82, 2.24) is 9.78 Å². The van der Waals surface area contributed by atoms with Crippen molar-refractivity contribution in [2.75, 3.05) is 0 Å². The third-order valence-electron chi connectivity index (χ3n) is 5.81. The summed E-state index contributed by atoms with van der Waals surface area (Å²) in [6.45, 7) is 4.06. The Morgan fingerprint density at radius 3 is 2.77 bits per heavy atom. The molecule has 7 heteroatoms. The topological polar surface area (TPSA) is 87.2 Å². The molecule has 0 radical (unpaired) electrons. The number of ether oxygens (including phenoxy) is 1. The molecule has 0 bridgehead atoms. The maximum Gasteiger partial charge on any atom is 0.259 e. The second-order valence-electron chi connectivity index (χ2n) is 8.04. The molecule has 1 aromatic carbocycles. The molecule has 0 fully saturated rings. The van der Waals surface area contributed by atoms with Gasteiger partial charge in [-0.25, -0.2) is 0 Å². The standard InChI is InChI=1S/C24H27N3O3S/c1-4-5-6-7-19(28)17-11-9-16(12-14(17)2)30-24-20-18(22(31-24)23(25)29)10-8-15-13-26-27(3)21(15)20/h9,11-13H,4-8,10H2,1-3H3,(H2,25,29). The summed E-state index contributed by atoms with van der Waals surface area (Å²) in [6.07, 6.45) is 7.06. The summed E-state index contributed by atoms with van der Waals surface area (Å²) in [4.78, 5) is 25.1. The van der Waals surface area contributed by atoms with Crippen LogP contribution in [0, 0.1) is 6.92 Å². The van der Waals surface area contributed by atoms with Gasteiger partial charge in [-0.05, 0) is 61.1 Å². The van der Waals surface area contributed by atoms with Gasteiger partial charge >= 0.3 is 0 Å². The van der Waals surface area contributed by atoms with E-state index in [1.165, 1.54) is 11.3 Å². The molecule has 0 aliphatic heterocycles. The van der Waals surface area contributed by atoms with E-state index in [1.807, 2.05) is 43.0 Å². The van der Waals surface area contributed by atoms with E-state index in [2.05, 4.69) is 12.0 Å². The zero-order valence-corrected chi connectivity index (χ0v) is 19.0. The summed E-state index contributed by atoms with van der Waals surface area (Å²) < 4.78 is 8.08.